The molecule has 1 aromatic carbocycles. The predicted molar refractivity (Wildman–Crippen MR) is 101 cm³/mol. The number of amides is 1. The van der Waals surface area contributed by atoms with Crippen LogP contribution in [0.1, 0.15) is 42.5 Å². The van der Waals surface area contributed by atoms with Crippen LogP contribution in [0.2, 0.25) is 0 Å². The summed E-state index contributed by atoms with van der Waals surface area (Å²) in [4.78, 5) is 24.1. The predicted octanol–water partition coefficient (Wildman–Crippen LogP) is 2.16. The summed E-state index contributed by atoms with van der Waals surface area (Å²) in [6.45, 7) is 7.89. The molecule has 0 atom stereocenters. The maximum atomic E-state index is 12.5. The Balaban J connectivity index is 2.09. The van der Waals surface area contributed by atoms with Crippen molar-refractivity contribution in [2.75, 3.05) is 11.9 Å². The summed E-state index contributed by atoms with van der Waals surface area (Å²) in [7, 11) is -3.82. The van der Waals surface area contributed by atoms with Crippen molar-refractivity contribution in [2.45, 2.75) is 45.1 Å². The molecule has 0 unspecified atom stereocenters. The summed E-state index contributed by atoms with van der Waals surface area (Å²) in [5.74, 6) is -0.685. The minimum atomic E-state index is -3.82. The normalized spacial score (nSPS) is 11.9. The molecular formula is C18H23N3O6S. The number of ether oxygens (including phenoxy) is 1. The van der Waals surface area contributed by atoms with Gasteiger partial charge in [0.15, 0.2) is 12.4 Å². The molecule has 1 amide bonds. The van der Waals surface area contributed by atoms with E-state index >= 15 is 0 Å². The van der Waals surface area contributed by atoms with Gasteiger partial charge in [0.05, 0.1) is 10.5 Å². The van der Waals surface area contributed by atoms with E-state index in [0.29, 0.717) is 11.3 Å². The van der Waals surface area contributed by atoms with Gasteiger partial charge in [-0.25, -0.2) is 17.9 Å². The second-order valence-corrected chi connectivity index (χ2v) is 8.96. The number of rotatable bonds is 6. The van der Waals surface area contributed by atoms with E-state index in [-0.39, 0.29) is 16.3 Å². The molecule has 10 heteroatoms. The zero-order valence-electron chi connectivity index (χ0n) is 16.3. The molecule has 28 heavy (non-hydrogen) atoms. The average Bonchev–Trinajstić information content (AvgIpc) is 2.95. The molecule has 0 aliphatic heterocycles. The number of aromatic nitrogens is 1. The van der Waals surface area contributed by atoms with E-state index in [1.165, 1.54) is 24.3 Å². The molecular weight excluding hydrogens is 386 g/mol. The largest absolute Gasteiger partial charge is 0.452 e. The number of carbonyl (C=O) groups excluding carboxylic acids is 2. The van der Waals surface area contributed by atoms with Crippen LogP contribution in [-0.4, -0.2) is 37.6 Å². The number of nitrogens with one attached hydrogen (secondary N) is 2. The van der Waals surface area contributed by atoms with Crippen molar-refractivity contribution in [3.63, 3.8) is 0 Å². The van der Waals surface area contributed by atoms with Crippen molar-refractivity contribution in [2.24, 2.45) is 0 Å². The Morgan fingerprint density at radius 2 is 1.86 bits per heavy atom. The summed E-state index contributed by atoms with van der Waals surface area (Å²) in [5, 5.41) is 6.02. The number of hydrogen-bond donors (Lipinski definition) is 2. The number of aryl methyl sites for hydroxylation is 2. The number of benzene rings is 1. The van der Waals surface area contributed by atoms with Gasteiger partial charge in [-0.3, -0.25) is 4.79 Å². The van der Waals surface area contributed by atoms with Crippen LogP contribution in [0.4, 0.5) is 5.82 Å². The third kappa shape index (κ3) is 5.89. The number of carbonyl (C=O) groups is 2. The zero-order valence-corrected chi connectivity index (χ0v) is 17.1. The average molecular weight is 409 g/mol. The Morgan fingerprint density at radius 1 is 1.18 bits per heavy atom. The fourth-order valence-corrected chi connectivity index (χ4v) is 3.71. The minimum absolute atomic E-state index is 0.0573. The van der Waals surface area contributed by atoms with Crippen LogP contribution < -0.4 is 10.0 Å². The first-order valence-electron chi connectivity index (χ1n) is 8.42. The van der Waals surface area contributed by atoms with Gasteiger partial charge in [-0.1, -0.05) is 11.2 Å². The lowest BCUT2D eigenvalue weighted by molar-refractivity contribution is -0.119. The third-order valence-electron chi connectivity index (χ3n) is 3.41. The summed E-state index contributed by atoms with van der Waals surface area (Å²) in [6, 6.07) is 5.65. The fourth-order valence-electron chi connectivity index (χ4n) is 2.26. The molecule has 152 valence electrons. The Kier molecular flexibility index (Phi) is 6.25. The molecule has 0 spiro atoms. The smallest absolute Gasteiger partial charge is 0.338 e. The van der Waals surface area contributed by atoms with E-state index in [9.17, 15) is 18.0 Å². The van der Waals surface area contributed by atoms with Crippen LogP contribution >= 0.6 is 0 Å². The lowest BCUT2D eigenvalue weighted by atomic mass is 10.1. The first-order chi connectivity index (χ1) is 12.9. The highest BCUT2D eigenvalue weighted by molar-refractivity contribution is 7.89. The summed E-state index contributed by atoms with van der Waals surface area (Å²) < 4.78 is 37.3. The molecule has 0 saturated carbocycles. The molecule has 9 nitrogen and oxygen atoms in total. The van der Waals surface area contributed by atoms with Crippen LogP contribution in [0, 0.1) is 13.8 Å². The highest BCUT2D eigenvalue weighted by atomic mass is 32.2. The molecule has 2 aromatic rings. The van der Waals surface area contributed by atoms with Gasteiger partial charge in [0, 0.05) is 11.6 Å². The topological polar surface area (TPSA) is 128 Å². The standard InChI is InChI=1S/C18H23N3O6S/c1-11-6-7-13(28(24,25)21-18(3,4)5)9-14(11)17(23)26-10-16(22)19-15-8-12(2)27-20-15/h6-9,21H,10H2,1-5H3,(H,19,20,22). The lowest BCUT2D eigenvalue weighted by Gasteiger charge is -2.20. The van der Waals surface area contributed by atoms with Gasteiger partial charge >= 0.3 is 5.97 Å². The van der Waals surface area contributed by atoms with E-state index in [4.69, 9.17) is 9.26 Å². The first kappa shape index (κ1) is 21.6. The SMILES string of the molecule is Cc1cc(NC(=O)COC(=O)c2cc(S(=O)(=O)NC(C)(C)C)ccc2C)no1. The second-order valence-electron chi connectivity index (χ2n) is 7.28. The van der Waals surface area contributed by atoms with E-state index < -0.39 is 34.0 Å². The lowest BCUT2D eigenvalue weighted by Crippen LogP contribution is -2.40. The second kappa shape index (κ2) is 8.11. The minimum Gasteiger partial charge on any atom is -0.452 e. The molecule has 0 bridgehead atoms. The van der Waals surface area contributed by atoms with Gasteiger partial charge in [0.25, 0.3) is 5.91 Å². The van der Waals surface area contributed by atoms with Crippen LogP contribution in [-0.2, 0) is 19.6 Å². The monoisotopic (exact) mass is 409 g/mol. The molecule has 0 aliphatic rings. The van der Waals surface area contributed by atoms with Crippen molar-refractivity contribution in [3.05, 3.63) is 41.2 Å². The van der Waals surface area contributed by atoms with E-state index in [2.05, 4.69) is 15.2 Å². The van der Waals surface area contributed by atoms with Gasteiger partial charge in [0.1, 0.15) is 5.76 Å². The van der Waals surface area contributed by atoms with Crippen molar-refractivity contribution >= 4 is 27.7 Å². The van der Waals surface area contributed by atoms with Gasteiger partial charge in [-0.2, -0.15) is 0 Å². The molecule has 0 fully saturated rings. The number of sulfonamides is 1. The molecule has 1 aromatic heterocycles. The van der Waals surface area contributed by atoms with Crippen molar-refractivity contribution in [1.29, 1.82) is 0 Å². The molecule has 2 N–H and O–H groups in total. The van der Waals surface area contributed by atoms with Crippen molar-refractivity contribution in [3.8, 4) is 0 Å². The maximum Gasteiger partial charge on any atom is 0.338 e. The molecule has 0 radical (unpaired) electrons. The van der Waals surface area contributed by atoms with Crippen LogP contribution in [0.3, 0.4) is 0 Å². The van der Waals surface area contributed by atoms with Crippen molar-refractivity contribution in [1.82, 2.24) is 9.88 Å². The van der Waals surface area contributed by atoms with Gasteiger partial charge < -0.3 is 14.6 Å². The highest BCUT2D eigenvalue weighted by Gasteiger charge is 2.24. The number of anilines is 1. The van der Waals surface area contributed by atoms with E-state index in [0.717, 1.165) is 0 Å². The Bertz CT molecular complexity index is 989. The van der Waals surface area contributed by atoms with Crippen LogP contribution in [0.5, 0.6) is 0 Å². The molecule has 0 aliphatic carbocycles. The third-order valence-corrected chi connectivity index (χ3v) is 5.17. The summed E-state index contributed by atoms with van der Waals surface area (Å²) >= 11 is 0. The van der Waals surface area contributed by atoms with Crippen LogP contribution in [0.25, 0.3) is 0 Å². The van der Waals surface area contributed by atoms with Gasteiger partial charge in [-0.15, -0.1) is 0 Å². The molecule has 1 heterocycles. The maximum absolute atomic E-state index is 12.5. The molecule has 2 rings (SSSR count). The number of esters is 1. The van der Waals surface area contributed by atoms with Crippen LogP contribution in [0.15, 0.2) is 33.7 Å². The number of nitrogens with zero attached hydrogens (tertiary/aromatic N) is 1. The Labute approximate surface area is 163 Å². The van der Waals surface area contributed by atoms with E-state index in [1.54, 1.807) is 34.6 Å². The summed E-state index contributed by atoms with van der Waals surface area (Å²) in [6.07, 6.45) is 0. The zero-order chi connectivity index (χ0) is 21.1. The first-order valence-corrected chi connectivity index (χ1v) is 9.91. The Morgan fingerprint density at radius 3 is 2.43 bits per heavy atom. The highest BCUT2D eigenvalue weighted by Crippen LogP contribution is 2.18. The summed E-state index contributed by atoms with van der Waals surface area (Å²) in [5.41, 5.74) is -0.101. The van der Waals surface area contributed by atoms with Gasteiger partial charge in [-0.05, 0) is 52.3 Å². The van der Waals surface area contributed by atoms with Gasteiger partial charge in [0.2, 0.25) is 10.0 Å². The number of hydrogen-bond acceptors (Lipinski definition) is 7. The Hall–Kier alpha value is -2.72. The fraction of sp³-hybridized carbons (Fsp3) is 0.389. The van der Waals surface area contributed by atoms with E-state index in [1.807, 2.05) is 0 Å². The van der Waals surface area contributed by atoms with Crippen molar-refractivity contribution < 1.29 is 27.3 Å². The molecule has 0 saturated heterocycles. The quantitative estimate of drug-likeness (QED) is 0.700.